The monoisotopic (exact) mass is 376 g/mol. The third-order valence-electron chi connectivity index (χ3n) is 4.07. The van der Waals surface area contributed by atoms with Crippen LogP contribution < -0.4 is 4.90 Å². The molecule has 0 unspecified atom stereocenters. The van der Waals surface area contributed by atoms with Gasteiger partial charge in [-0.3, -0.25) is 4.79 Å². The summed E-state index contributed by atoms with van der Waals surface area (Å²) in [6, 6.07) is 14.4. The Labute approximate surface area is 143 Å². The molecule has 0 radical (unpaired) electrons. The van der Waals surface area contributed by atoms with Gasteiger partial charge in [0.2, 0.25) is 5.91 Å². The number of carbonyl (C=O) groups excluding carboxylic acids is 1. The summed E-state index contributed by atoms with van der Waals surface area (Å²) in [5.74, 6) is -0.239. The number of nitrogens with zero attached hydrogens (tertiary/aromatic N) is 2. The topological polar surface area (TPSA) is 23.6 Å². The van der Waals surface area contributed by atoms with Gasteiger partial charge in [-0.2, -0.15) is 0 Å². The molecule has 3 rings (SSSR count). The Bertz CT molecular complexity index is 699. The lowest BCUT2D eigenvalue weighted by atomic mass is 10.1. The minimum atomic E-state index is -0.297. The molecule has 1 aliphatic heterocycles. The van der Waals surface area contributed by atoms with Crippen LogP contribution in [0.2, 0.25) is 0 Å². The van der Waals surface area contributed by atoms with Gasteiger partial charge in [-0.1, -0.05) is 24.3 Å². The van der Waals surface area contributed by atoms with Crippen molar-refractivity contribution in [2.75, 3.05) is 31.1 Å². The molecule has 1 fully saturated rings. The van der Waals surface area contributed by atoms with Crippen molar-refractivity contribution in [3.8, 4) is 0 Å². The molecule has 1 aliphatic rings. The highest BCUT2D eigenvalue weighted by Gasteiger charge is 2.22. The number of halogens is 2. The van der Waals surface area contributed by atoms with Gasteiger partial charge in [-0.15, -0.1) is 0 Å². The van der Waals surface area contributed by atoms with E-state index in [4.69, 9.17) is 0 Å². The molecule has 0 N–H and O–H groups in total. The maximum atomic E-state index is 13.2. The molecule has 0 aromatic heterocycles. The lowest BCUT2D eigenvalue weighted by Crippen LogP contribution is -2.49. The number of benzene rings is 2. The normalized spacial score (nSPS) is 14.9. The third kappa shape index (κ3) is 3.91. The van der Waals surface area contributed by atoms with Crippen LogP contribution in [0.25, 0.3) is 0 Å². The van der Waals surface area contributed by atoms with Crippen LogP contribution in [0.1, 0.15) is 5.56 Å². The molecule has 0 spiro atoms. The Balaban J connectivity index is 1.58. The highest BCUT2D eigenvalue weighted by atomic mass is 79.9. The zero-order chi connectivity index (χ0) is 16.2. The maximum absolute atomic E-state index is 13.2. The highest BCUT2D eigenvalue weighted by Crippen LogP contribution is 2.26. The average Bonchev–Trinajstić information content (AvgIpc) is 2.55. The Morgan fingerprint density at radius 1 is 1.04 bits per heavy atom. The van der Waals surface area contributed by atoms with Gasteiger partial charge in [0.25, 0.3) is 0 Å². The first-order chi connectivity index (χ1) is 11.1. The molecule has 120 valence electrons. The van der Waals surface area contributed by atoms with Crippen LogP contribution in [0.5, 0.6) is 0 Å². The molecule has 1 heterocycles. The number of piperazine rings is 1. The molecule has 0 aliphatic carbocycles. The molecule has 0 saturated carbocycles. The van der Waals surface area contributed by atoms with Gasteiger partial charge >= 0.3 is 0 Å². The Kier molecular flexibility index (Phi) is 4.96. The number of amides is 1. The van der Waals surface area contributed by atoms with Crippen molar-refractivity contribution >= 4 is 27.5 Å². The summed E-state index contributed by atoms with van der Waals surface area (Å²) in [5.41, 5.74) is 1.88. The van der Waals surface area contributed by atoms with Crippen LogP contribution in [-0.2, 0) is 11.2 Å². The van der Waals surface area contributed by atoms with Crippen LogP contribution in [0, 0.1) is 5.82 Å². The molecule has 0 bridgehead atoms. The van der Waals surface area contributed by atoms with Crippen molar-refractivity contribution in [3.63, 3.8) is 0 Å². The Hall–Kier alpha value is -1.88. The fourth-order valence-corrected chi connectivity index (χ4v) is 3.37. The van der Waals surface area contributed by atoms with Crippen molar-refractivity contribution in [1.29, 1.82) is 0 Å². The second-order valence-corrected chi connectivity index (χ2v) is 6.48. The predicted octanol–water partition coefficient (Wildman–Crippen LogP) is 3.48. The molecular weight excluding hydrogens is 359 g/mol. The number of para-hydroxylation sites is 1. The number of hydrogen-bond donors (Lipinski definition) is 0. The number of carbonyl (C=O) groups is 1. The molecule has 2 aromatic rings. The van der Waals surface area contributed by atoms with E-state index in [1.807, 2.05) is 23.1 Å². The SMILES string of the molecule is O=C(Cc1cccc(F)c1)N1CCN(c2ccccc2Br)CC1. The fraction of sp³-hybridized carbons (Fsp3) is 0.278. The van der Waals surface area contributed by atoms with Gasteiger partial charge in [0.1, 0.15) is 5.82 Å². The van der Waals surface area contributed by atoms with E-state index < -0.39 is 0 Å². The fourth-order valence-electron chi connectivity index (χ4n) is 2.84. The van der Waals surface area contributed by atoms with Crippen LogP contribution in [0.4, 0.5) is 10.1 Å². The van der Waals surface area contributed by atoms with Crippen LogP contribution in [0.3, 0.4) is 0 Å². The van der Waals surface area contributed by atoms with E-state index in [0.29, 0.717) is 13.1 Å². The molecule has 1 amide bonds. The van der Waals surface area contributed by atoms with E-state index in [-0.39, 0.29) is 18.1 Å². The van der Waals surface area contributed by atoms with Crippen LogP contribution >= 0.6 is 15.9 Å². The van der Waals surface area contributed by atoms with Gasteiger partial charge in [0, 0.05) is 30.7 Å². The summed E-state index contributed by atoms with van der Waals surface area (Å²) in [7, 11) is 0. The van der Waals surface area contributed by atoms with Crippen molar-refractivity contribution in [2.45, 2.75) is 6.42 Å². The van der Waals surface area contributed by atoms with E-state index in [1.54, 1.807) is 12.1 Å². The highest BCUT2D eigenvalue weighted by molar-refractivity contribution is 9.10. The van der Waals surface area contributed by atoms with E-state index in [9.17, 15) is 9.18 Å². The number of hydrogen-bond acceptors (Lipinski definition) is 2. The van der Waals surface area contributed by atoms with Gasteiger partial charge in [0.05, 0.1) is 12.1 Å². The van der Waals surface area contributed by atoms with Crippen LogP contribution in [0.15, 0.2) is 53.0 Å². The zero-order valence-corrected chi connectivity index (χ0v) is 14.3. The first kappa shape index (κ1) is 16.0. The quantitative estimate of drug-likeness (QED) is 0.818. The first-order valence-electron chi connectivity index (χ1n) is 7.65. The lowest BCUT2D eigenvalue weighted by Gasteiger charge is -2.36. The molecule has 1 saturated heterocycles. The Morgan fingerprint density at radius 3 is 2.48 bits per heavy atom. The largest absolute Gasteiger partial charge is 0.367 e. The van der Waals surface area contributed by atoms with E-state index in [0.717, 1.165) is 28.8 Å². The van der Waals surface area contributed by atoms with Gasteiger partial charge < -0.3 is 9.80 Å². The molecular formula is C18H18BrFN2O. The molecule has 3 nitrogen and oxygen atoms in total. The second kappa shape index (κ2) is 7.13. The van der Waals surface area contributed by atoms with Gasteiger partial charge in [0.15, 0.2) is 0 Å². The molecule has 5 heteroatoms. The smallest absolute Gasteiger partial charge is 0.227 e. The Morgan fingerprint density at radius 2 is 1.78 bits per heavy atom. The predicted molar refractivity (Wildman–Crippen MR) is 93.0 cm³/mol. The van der Waals surface area contributed by atoms with E-state index in [2.05, 4.69) is 26.9 Å². The molecule has 23 heavy (non-hydrogen) atoms. The van der Waals surface area contributed by atoms with Crippen molar-refractivity contribution in [1.82, 2.24) is 4.90 Å². The molecule has 2 aromatic carbocycles. The summed E-state index contributed by atoms with van der Waals surface area (Å²) >= 11 is 3.57. The number of rotatable bonds is 3. The third-order valence-corrected chi connectivity index (χ3v) is 4.74. The summed E-state index contributed by atoms with van der Waals surface area (Å²) in [5, 5.41) is 0. The lowest BCUT2D eigenvalue weighted by molar-refractivity contribution is -0.130. The average molecular weight is 377 g/mol. The first-order valence-corrected chi connectivity index (χ1v) is 8.44. The van der Waals surface area contributed by atoms with Gasteiger partial charge in [-0.25, -0.2) is 4.39 Å². The summed E-state index contributed by atoms with van der Waals surface area (Å²) in [4.78, 5) is 16.5. The van der Waals surface area contributed by atoms with E-state index >= 15 is 0 Å². The molecule has 0 atom stereocenters. The summed E-state index contributed by atoms with van der Waals surface area (Å²) in [6.07, 6.45) is 0.257. The minimum absolute atomic E-state index is 0.0578. The summed E-state index contributed by atoms with van der Waals surface area (Å²) in [6.45, 7) is 2.99. The second-order valence-electron chi connectivity index (χ2n) is 5.63. The number of anilines is 1. The summed E-state index contributed by atoms with van der Waals surface area (Å²) < 4.78 is 14.3. The van der Waals surface area contributed by atoms with Crippen molar-refractivity contribution in [3.05, 3.63) is 64.4 Å². The minimum Gasteiger partial charge on any atom is -0.367 e. The zero-order valence-electron chi connectivity index (χ0n) is 12.7. The van der Waals surface area contributed by atoms with Gasteiger partial charge in [-0.05, 0) is 45.8 Å². The van der Waals surface area contributed by atoms with Crippen molar-refractivity contribution < 1.29 is 9.18 Å². The van der Waals surface area contributed by atoms with Crippen LogP contribution in [-0.4, -0.2) is 37.0 Å². The van der Waals surface area contributed by atoms with Crippen molar-refractivity contribution in [2.24, 2.45) is 0 Å². The van der Waals surface area contributed by atoms with E-state index in [1.165, 1.54) is 12.1 Å². The standard InChI is InChI=1S/C18H18BrFN2O/c19-16-6-1-2-7-17(16)21-8-10-22(11-9-21)18(23)13-14-4-3-5-15(20)12-14/h1-7,12H,8-11,13H2. The maximum Gasteiger partial charge on any atom is 0.227 e.